The maximum Gasteiger partial charge on any atom is 0.00924 e. The third-order valence-electron chi connectivity index (χ3n) is 5.44. The van der Waals surface area contributed by atoms with Crippen LogP contribution >= 0.6 is 12.4 Å². The Labute approximate surface area is 99.8 Å². The van der Waals surface area contributed by atoms with E-state index < -0.39 is 0 Å². The molecular weight excluding hydrogens is 206 g/mol. The van der Waals surface area contributed by atoms with E-state index in [2.05, 4.69) is 19.3 Å². The van der Waals surface area contributed by atoms with Gasteiger partial charge in [0.2, 0.25) is 0 Å². The molecule has 0 amide bonds. The first-order chi connectivity index (χ1) is 6.72. The first-order valence-corrected chi connectivity index (χ1v) is 6.39. The topological polar surface area (TPSA) is 12.0 Å². The van der Waals surface area contributed by atoms with E-state index in [0.29, 0.717) is 5.41 Å². The molecule has 1 N–H and O–H groups in total. The predicted molar refractivity (Wildman–Crippen MR) is 66.4 cm³/mol. The number of halogens is 1. The van der Waals surface area contributed by atoms with E-state index in [1.165, 1.54) is 19.3 Å². The predicted octanol–water partition coefficient (Wildman–Crippen LogP) is 3.23. The zero-order valence-corrected chi connectivity index (χ0v) is 10.8. The molecule has 4 fully saturated rings. The third kappa shape index (κ3) is 1.72. The molecule has 0 aromatic carbocycles. The van der Waals surface area contributed by atoms with Gasteiger partial charge in [-0.2, -0.15) is 0 Å². The van der Waals surface area contributed by atoms with Gasteiger partial charge in [-0.3, -0.25) is 0 Å². The highest BCUT2D eigenvalue weighted by Gasteiger charge is 2.52. The number of rotatable bonds is 2. The van der Waals surface area contributed by atoms with Gasteiger partial charge in [-0.05, 0) is 75.7 Å². The van der Waals surface area contributed by atoms with E-state index in [-0.39, 0.29) is 12.4 Å². The molecular formula is C13H24ClN. The molecule has 0 heterocycles. The molecule has 4 bridgehead atoms. The summed E-state index contributed by atoms with van der Waals surface area (Å²) in [6.45, 7) is 2.41. The first kappa shape index (κ1) is 11.7. The number of hydrogen-bond donors (Lipinski definition) is 1. The molecule has 0 aromatic rings. The second-order valence-corrected chi connectivity index (χ2v) is 6.29. The fourth-order valence-electron chi connectivity index (χ4n) is 5.01. The molecule has 0 spiro atoms. The van der Waals surface area contributed by atoms with Crippen LogP contribution in [0.3, 0.4) is 0 Å². The summed E-state index contributed by atoms with van der Waals surface area (Å²) in [5, 5.41) is 3.52. The average Bonchev–Trinajstić information content (AvgIpc) is 2.14. The molecule has 4 aliphatic carbocycles. The van der Waals surface area contributed by atoms with Gasteiger partial charge in [0.05, 0.1) is 0 Å². The second kappa shape index (κ2) is 3.92. The van der Waals surface area contributed by atoms with Crippen LogP contribution in [0.1, 0.15) is 45.4 Å². The van der Waals surface area contributed by atoms with Gasteiger partial charge in [-0.25, -0.2) is 0 Å². The molecule has 15 heavy (non-hydrogen) atoms. The molecule has 4 saturated carbocycles. The third-order valence-corrected chi connectivity index (χ3v) is 5.44. The van der Waals surface area contributed by atoms with Crippen molar-refractivity contribution in [2.75, 3.05) is 7.05 Å². The van der Waals surface area contributed by atoms with Crippen molar-refractivity contribution in [3.05, 3.63) is 0 Å². The molecule has 0 saturated heterocycles. The van der Waals surface area contributed by atoms with Gasteiger partial charge < -0.3 is 5.32 Å². The largest absolute Gasteiger partial charge is 0.317 e. The monoisotopic (exact) mass is 229 g/mol. The summed E-state index contributed by atoms with van der Waals surface area (Å²) in [7, 11) is 2.14. The van der Waals surface area contributed by atoms with E-state index in [0.717, 1.165) is 23.8 Å². The highest BCUT2D eigenvalue weighted by atomic mass is 35.5. The summed E-state index contributed by atoms with van der Waals surface area (Å²) in [5.41, 5.74) is 0.698. The van der Waals surface area contributed by atoms with Gasteiger partial charge in [0.1, 0.15) is 0 Å². The SMILES string of the molecule is CNC(C)C12CC3CC(CC(C3)C1)C2.Cl. The smallest absolute Gasteiger partial charge is 0.00924 e. The van der Waals surface area contributed by atoms with E-state index in [4.69, 9.17) is 0 Å². The maximum absolute atomic E-state index is 3.52. The molecule has 0 aromatic heterocycles. The fourth-order valence-corrected chi connectivity index (χ4v) is 5.01. The van der Waals surface area contributed by atoms with Crippen LogP contribution in [-0.4, -0.2) is 13.1 Å². The highest BCUT2D eigenvalue weighted by Crippen LogP contribution is 2.61. The summed E-state index contributed by atoms with van der Waals surface area (Å²) < 4.78 is 0. The van der Waals surface area contributed by atoms with Crippen molar-refractivity contribution in [1.29, 1.82) is 0 Å². The van der Waals surface area contributed by atoms with Crippen molar-refractivity contribution in [2.24, 2.45) is 23.2 Å². The van der Waals surface area contributed by atoms with Crippen molar-refractivity contribution in [3.63, 3.8) is 0 Å². The Bertz CT molecular complexity index is 203. The lowest BCUT2D eigenvalue weighted by molar-refractivity contribution is -0.0691. The van der Waals surface area contributed by atoms with Gasteiger partial charge in [-0.15, -0.1) is 12.4 Å². The molecule has 2 heteroatoms. The van der Waals surface area contributed by atoms with Crippen LogP contribution in [-0.2, 0) is 0 Å². The zero-order chi connectivity index (χ0) is 9.76. The van der Waals surface area contributed by atoms with E-state index in [1.807, 2.05) is 0 Å². The van der Waals surface area contributed by atoms with Gasteiger partial charge in [-0.1, -0.05) is 0 Å². The van der Waals surface area contributed by atoms with Gasteiger partial charge >= 0.3 is 0 Å². The Hall–Kier alpha value is 0.250. The van der Waals surface area contributed by atoms with E-state index >= 15 is 0 Å². The van der Waals surface area contributed by atoms with E-state index in [9.17, 15) is 0 Å². The molecule has 88 valence electrons. The van der Waals surface area contributed by atoms with Crippen LogP contribution in [0.2, 0.25) is 0 Å². The lowest BCUT2D eigenvalue weighted by Gasteiger charge is -2.59. The van der Waals surface area contributed by atoms with Gasteiger partial charge in [0, 0.05) is 6.04 Å². The minimum absolute atomic E-state index is 0. The van der Waals surface area contributed by atoms with Crippen molar-refractivity contribution in [3.8, 4) is 0 Å². The maximum atomic E-state index is 3.52. The van der Waals surface area contributed by atoms with Crippen molar-refractivity contribution in [1.82, 2.24) is 5.32 Å². The average molecular weight is 230 g/mol. The standard InChI is InChI=1S/C13H23N.ClH/c1-9(14-2)13-6-10-3-11(7-13)5-12(4-10)8-13;/h9-12,14H,3-8H2,1-2H3;1H. The summed E-state index contributed by atoms with van der Waals surface area (Å²) in [5.74, 6) is 3.28. The molecule has 1 unspecified atom stereocenters. The molecule has 0 aliphatic heterocycles. The van der Waals surface area contributed by atoms with Crippen LogP contribution in [0.15, 0.2) is 0 Å². The Morgan fingerprint density at radius 2 is 1.40 bits per heavy atom. The normalized spacial score (nSPS) is 48.8. The van der Waals surface area contributed by atoms with Crippen LogP contribution in [0.5, 0.6) is 0 Å². The first-order valence-electron chi connectivity index (χ1n) is 6.39. The van der Waals surface area contributed by atoms with Crippen molar-refractivity contribution >= 4 is 12.4 Å². The number of nitrogens with one attached hydrogen (secondary N) is 1. The van der Waals surface area contributed by atoms with E-state index in [1.54, 1.807) is 19.3 Å². The summed E-state index contributed by atoms with van der Waals surface area (Å²) >= 11 is 0. The minimum Gasteiger partial charge on any atom is -0.317 e. The minimum atomic E-state index is 0. The fraction of sp³-hybridized carbons (Fsp3) is 1.00. The Balaban J connectivity index is 0.000000853. The zero-order valence-electron chi connectivity index (χ0n) is 9.96. The highest BCUT2D eigenvalue weighted by molar-refractivity contribution is 5.85. The Morgan fingerprint density at radius 3 is 1.73 bits per heavy atom. The summed E-state index contributed by atoms with van der Waals surface area (Å²) in [4.78, 5) is 0. The molecule has 1 nitrogen and oxygen atoms in total. The van der Waals surface area contributed by atoms with Gasteiger partial charge in [0.25, 0.3) is 0 Å². The molecule has 1 atom stereocenters. The van der Waals surface area contributed by atoms with Gasteiger partial charge in [0.15, 0.2) is 0 Å². The lowest BCUT2D eigenvalue weighted by atomic mass is 9.48. The van der Waals surface area contributed by atoms with Crippen LogP contribution in [0, 0.1) is 23.2 Å². The van der Waals surface area contributed by atoms with Crippen molar-refractivity contribution in [2.45, 2.75) is 51.5 Å². The molecule has 4 aliphatic rings. The molecule has 4 rings (SSSR count). The molecule has 0 radical (unpaired) electrons. The van der Waals surface area contributed by atoms with Crippen LogP contribution in [0.25, 0.3) is 0 Å². The Kier molecular flexibility index (Phi) is 3.07. The lowest BCUT2D eigenvalue weighted by Crippen LogP contribution is -2.54. The van der Waals surface area contributed by atoms with Crippen molar-refractivity contribution < 1.29 is 0 Å². The second-order valence-electron chi connectivity index (χ2n) is 6.29. The quantitative estimate of drug-likeness (QED) is 0.767. The summed E-state index contributed by atoms with van der Waals surface area (Å²) in [6, 6.07) is 0.746. The summed E-state index contributed by atoms with van der Waals surface area (Å²) in [6.07, 6.45) is 9.28. The Morgan fingerprint density at radius 1 is 1.00 bits per heavy atom. The number of hydrogen-bond acceptors (Lipinski definition) is 1. The van der Waals surface area contributed by atoms with Crippen LogP contribution in [0.4, 0.5) is 0 Å². The van der Waals surface area contributed by atoms with Crippen LogP contribution < -0.4 is 5.32 Å².